The molecule has 0 atom stereocenters. The fraction of sp³-hybridized carbons (Fsp3) is 0.458. The van der Waals surface area contributed by atoms with Crippen molar-refractivity contribution in [3.63, 3.8) is 0 Å². The summed E-state index contributed by atoms with van der Waals surface area (Å²) >= 11 is 1.52. The molecule has 3 aromatic rings. The molecule has 0 aliphatic carbocycles. The highest BCUT2D eigenvalue weighted by Gasteiger charge is 2.19. The van der Waals surface area contributed by atoms with Crippen LogP contribution in [0.15, 0.2) is 47.3 Å². The number of aryl methyl sites for hydroxylation is 1. The van der Waals surface area contributed by atoms with Crippen molar-refractivity contribution in [2.45, 2.75) is 38.8 Å². The summed E-state index contributed by atoms with van der Waals surface area (Å²) in [7, 11) is 3.22. The van der Waals surface area contributed by atoms with Gasteiger partial charge in [-0.15, -0.1) is 0 Å². The Morgan fingerprint density at radius 2 is 1.73 bits per heavy atom. The summed E-state index contributed by atoms with van der Waals surface area (Å²) in [4.78, 5) is 15.3. The molecule has 0 amide bonds. The van der Waals surface area contributed by atoms with Crippen LogP contribution in [0.1, 0.15) is 31.2 Å². The Bertz CT molecular complexity index is 1020. The molecule has 4 rings (SSSR count). The van der Waals surface area contributed by atoms with E-state index in [4.69, 9.17) is 9.47 Å². The van der Waals surface area contributed by atoms with Gasteiger partial charge in [0.1, 0.15) is 0 Å². The molecule has 30 heavy (non-hydrogen) atoms. The molecule has 1 fully saturated rings. The van der Waals surface area contributed by atoms with Crippen molar-refractivity contribution in [3.05, 3.63) is 58.4 Å². The monoisotopic (exact) mass is 426 g/mol. The van der Waals surface area contributed by atoms with Crippen molar-refractivity contribution in [1.29, 1.82) is 0 Å². The number of likely N-dealkylation sites (tertiary alicyclic amines) is 1. The lowest BCUT2D eigenvalue weighted by molar-refractivity contribution is 0.170. The lowest BCUT2D eigenvalue weighted by Crippen LogP contribution is -2.33. The second kappa shape index (κ2) is 9.67. The number of methoxy groups -OCH3 is 2. The Hall–Kier alpha value is -2.31. The minimum atomic E-state index is 0.0774. The third-order valence-electron chi connectivity index (χ3n) is 6.08. The highest BCUT2D eigenvalue weighted by atomic mass is 32.1. The summed E-state index contributed by atoms with van der Waals surface area (Å²) < 4.78 is 13.5. The largest absolute Gasteiger partial charge is 0.493 e. The fourth-order valence-electron chi connectivity index (χ4n) is 4.34. The Labute approximate surface area is 182 Å². The molecule has 0 saturated carbocycles. The third-order valence-corrected chi connectivity index (χ3v) is 7.18. The van der Waals surface area contributed by atoms with Gasteiger partial charge in [0.25, 0.3) is 5.56 Å². The second-order valence-electron chi connectivity index (χ2n) is 8.05. The van der Waals surface area contributed by atoms with Gasteiger partial charge in [0.05, 0.1) is 24.3 Å². The van der Waals surface area contributed by atoms with Crippen molar-refractivity contribution in [2.24, 2.45) is 5.92 Å². The lowest BCUT2D eigenvalue weighted by Gasteiger charge is -2.32. The molecule has 5 nitrogen and oxygen atoms in total. The van der Waals surface area contributed by atoms with Crippen LogP contribution in [-0.4, -0.2) is 36.2 Å². The summed E-state index contributed by atoms with van der Waals surface area (Å²) in [5.41, 5.74) is 1.47. The average Bonchev–Trinajstić information content (AvgIpc) is 3.09. The molecule has 1 saturated heterocycles. The predicted octanol–water partition coefficient (Wildman–Crippen LogP) is 4.77. The van der Waals surface area contributed by atoms with E-state index in [0.29, 0.717) is 16.9 Å². The first-order chi connectivity index (χ1) is 14.7. The predicted molar refractivity (Wildman–Crippen MR) is 123 cm³/mol. The average molecular weight is 427 g/mol. The van der Waals surface area contributed by atoms with Crippen molar-refractivity contribution < 1.29 is 9.47 Å². The van der Waals surface area contributed by atoms with Crippen LogP contribution in [-0.2, 0) is 13.1 Å². The number of benzene rings is 2. The molecule has 0 spiro atoms. The Balaban J connectivity index is 1.29. The molecule has 6 heteroatoms. The number of fused-ring (bicyclic) bond motifs is 1. The van der Waals surface area contributed by atoms with Crippen molar-refractivity contribution >= 4 is 21.6 Å². The van der Waals surface area contributed by atoms with Crippen LogP contribution >= 0.6 is 11.5 Å². The molecule has 0 unspecified atom stereocenters. The van der Waals surface area contributed by atoms with Gasteiger partial charge in [-0.2, -0.15) is 0 Å². The zero-order chi connectivity index (χ0) is 20.9. The van der Waals surface area contributed by atoms with E-state index < -0.39 is 0 Å². The first kappa shape index (κ1) is 20.9. The van der Waals surface area contributed by atoms with Crippen molar-refractivity contribution in [3.8, 4) is 11.5 Å². The van der Waals surface area contributed by atoms with Crippen LogP contribution in [0, 0.1) is 5.92 Å². The van der Waals surface area contributed by atoms with Crippen LogP contribution in [0.4, 0.5) is 0 Å². The van der Waals surface area contributed by atoms with Crippen molar-refractivity contribution in [1.82, 2.24) is 8.86 Å². The molecule has 1 aliphatic rings. The third kappa shape index (κ3) is 4.71. The molecule has 0 radical (unpaired) electrons. The summed E-state index contributed by atoms with van der Waals surface area (Å²) in [6.07, 6.45) is 4.74. The van der Waals surface area contributed by atoms with Crippen LogP contribution in [0.3, 0.4) is 0 Å². The normalized spacial score (nSPS) is 15.5. The quantitative estimate of drug-likeness (QED) is 0.520. The van der Waals surface area contributed by atoms with Gasteiger partial charge in [-0.05, 0) is 56.3 Å². The molecule has 160 valence electrons. The molecule has 1 aromatic heterocycles. The van der Waals surface area contributed by atoms with Gasteiger partial charge >= 0.3 is 0 Å². The number of nitrogens with zero attached hydrogens (tertiary/aromatic N) is 2. The zero-order valence-electron chi connectivity index (χ0n) is 17.8. The number of hydrogen-bond donors (Lipinski definition) is 0. The number of aromatic nitrogens is 1. The van der Waals surface area contributed by atoms with E-state index in [1.54, 1.807) is 20.3 Å². The van der Waals surface area contributed by atoms with Gasteiger partial charge in [-0.3, -0.25) is 13.7 Å². The van der Waals surface area contributed by atoms with Crippen LogP contribution in [0.5, 0.6) is 11.5 Å². The minimum Gasteiger partial charge on any atom is -0.493 e. The summed E-state index contributed by atoms with van der Waals surface area (Å²) in [5, 5.41) is 0.715. The van der Waals surface area contributed by atoms with Gasteiger partial charge < -0.3 is 9.47 Å². The van der Waals surface area contributed by atoms with Gasteiger partial charge in [0, 0.05) is 19.2 Å². The maximum absolute atomic E-state index is 12.8. The number of hydrogen-bond acceptors (Lipinski definition) is 5. The summed E-state index contributed by atoms with van der Waals surface area (Å²) in [6, 6.07) is 14.4. The first-order valence-electron chi connectivity index (χ1n) is 10.7. The molecule has 2 aromatic carbocycles. The molecule has 0 N–H and O–H groups in total. The smallest absolute Gasteiger partial charge is 0.268 e. The van der Waals surface area contributed by atoms with Crippen molar-refractivity contribution in [2.75, 3.05) is 27.3 Å². The lowest BCUT2D eigenvalue weighted by atomic mass is 9.92. The summed E-state index contributed by atoms with van der Waals surface area (Å²) in [5.74, 6) is 2.04. The number of ether oxygens (including phenoxy) is 2. The maximum Gasteiger partial charge on any atom is 0.268 e. The van der Waals surface area contributed by atoms with E-state index in [2.05, 4.69) is 35.2 Å². The minimum absolute atomic E-state index is 0.0774. The Kier molecular flexibility index (Phi) is 6.75. The van der Waals surface area contributed by atoms with E-state index in [9.17, 15) is 4.79 Å². The fourth-order valence-corrected chi connectivity index (χ4v) is 5.39. The number of piperidine rings is 1. The Morgan fingerprint density at radius 1 is 1.03 bits per heavy atom. The standard InChI is InChI=1S/C24H30N2O3S/c1-28-21-15-20-23(16-22(21)29-2)30-26(24(20)27)12-6-9-18-10-13-25(14-11-18)17-19-7-4-3-5-8-19/h3-5,7-8,15-16,18H,6,9-14,17H2,1-2H3. The summed E-state index contributed by atoms with van der Waals surface area (Å²) in [6.45, 7) is 4.18. The zero-order valence-corrected chi connectivity index (χ0v) is 18.6. The van der Waals surface area contributed by atoms with Gasteiger partial charge in [0.15, 0.2) is 11.5 Å². The SMILES string of the molecule is COc1cc2sn(CCCC3CCN(Cc4ccccc4)CC3)c(=O)c2cc1OC. The van der Waals surface area contributed by atoms with E-state index in [1.807, 2.05) is 10.0 Å². The van der Waals surface area contributed by atoms with Crippen LogP contribution in [0.25, 0.3) is 10.1 Å². The topological polar surface area (TPSA) is 43.7 Å². The van der Waals surface area contributed by atoms with E-state index in [-0.39, 0.29) is 5.56 Å². The second-order valence-corrected chi connectivity index (χ2v) is 9.11. The Morgan fingerprint density at radius 3 is 2.43 bits per heavy atom. The van der Waals surface area contributed by atoms with E-state index in [1.165, 1.54) is 49.4 Å². The van der Waals surface area contributed by atoms with E-state index in [0.717, 1.165) is 30.1 Å². The maximum atomic E-state index is 12.8. The molecular formula is C24H30N2O3S. The van der Waals surface area contributed by atoms with E-state index >= 15 is 0 Å². The van der Waals surface area contributed by atoms with Gasteiger partial charge in [-0.25, -0.2) is 0 Å². The molecular weight excluding hydrogens is 396 g/mol. The molecule has 1 aliphatic heterocycles. The van der Waals surface area contributed by atoms with Gasteiger partial charge in [-0.1, -0.05) is 41.9 Å². The molecule has 2 heterocycles. The van der Waals surface area contributed by atoms with Gasteiger partial charge in [0.2, 0.25) is 0 Å². The number of rotatable bonds is 8. The highest BCUT2D eigenvalue weighted by molar-refractivity contribution is 7.13. The van der Waals surface area contributed by atoms with Crippen LogP contribution < -0.4 is 15.0 Å². The highest BCUT2D eigenvalue weighted by Crippen LogP contribution is 2.33. The first-order valence-corrected chi connectivity index (χ1v) is 11.5. The molecule has 0 bridgehead atoms. The van der Waals surface area contributed by atoms with Crippen LogP contribution in [0.2, 0.25) is 0 Å².